The molecule has 0 saturated carbocycles. The molecule has 116 valence electrons. The standard InChI is InChI=1S/C15H18BrN5O/c1-21(2)8-7-17-15-18-9-11(10-19-15)14(22)20-13-5-3-12(16)4-6-13/h3-6,9-10H,7-8H2,1-2H3,(H,20,22)(H,17,18,19). The zero-order chi connectivity index (χ0) is 15.9. The summed E-state index contributed by atoms with van der Waals surface area (Å²) in [5.41, 5.74) is 1.14. The molecule has 0 aliphatic rings. The summed E-state index contributed by atoms with van der Waals surface area (Å²) >= 11 is 3.35. The third-order valence-corrected chi connectivity index (χ3v) is 3.39. The van der Waals surface area contributed by atoms with E-state index < -0.39 is 0 Å². The predicted octanol–water partition coefficient (Wildman–Crippen LogP) is 2.46. The second-order valence-corrected chi connectivity index (χ2v) is 5.90. The molecule has 1 heterocycles. The van der Waals surface area contributed by atoms with E-state index in [1.165, 1.54) is 12.4 Å². The van der Waals surface area contributed by atoms with Crippen LogP contribution in [0.1, 0.15) is 10.4 Å². The molecule has 0 saturated heterocycles. The number of halogens is 1. The molecule has 7 heteroatoms. The Bertz CT molecular complexity index is 613. The monoisotopic (exact) mass is 363 g/mol. The first-order chi connectivity index (χ1) is 10.5. The number of carbonyl (C=O) groups is 1. The molecular formula is C15H18BrN5O. The number of aromatic nitrogens is 2. The Morgan fingerprint density at radius 2 is 1.82 bits per heavy atom. The maximum absolute atomic E-state index is 12.1. The first kappa shape index (κ1) is 16.4. The lowest BCUT2D eigenvalue weighted by molar-refractivity contribution is 0.102. The fourth-order valence-corrected chi connectivity index (χ4v) is 1.93. The van der Waals surface area contributed by atoms with Crippen LogP contribution in [0.2, 0.25) is 0 Å². The van der Waals surface area contributed by atoms with Crippen LogP contribution >= 0.6 is 15.9 Å². The number of carbonyl (C=O) groups excluding carboxylic acids is 1. The van der Waals surface area contributed by atoms with Crippen LogP contribution in [0.4, 0.5) is 11.6 Å². The molecule has 1 aromatic carbocycles. The van der Waals surface area contributed by atoms with Gasteiger partial charge in [-0.1, -0.05) is 15.9 Å². The maximum Gasteiger partial charge on any atom is 0.258 e. The zero-order valence-electron chi connectivity index (χ0n) is 12.5. The van der Waals surface area contributed by atoms with Crippen LogP contribution in [0, 0.1) is 0 Å². The minimum atomic E-state index is -0.234. The van der Waals surface area contributed by atoms with Crippen LogP contribution in [0.15, 0.2) is 41.1 Å². The number of rotatable bonds is 6. The molecule has 1 aromatic heterocycles. The lowest BCUT2D eigenvalue weighted by Crippen LogP contribution is -2.21. The lowest BCUT2D eigenvalue weighted by atomic mass is 10.3. The molecule has 22 heavy (non-hydrogen) atoms. The highest BCUT2D eigenvalue weighted by Crippen LogP contribution is 2.15. The van der Waals surface area contributed by atoms with Crippen LogP contribution in [0.5, 0.6) is 0 Å². The van der Waals surface area contributed by atoms with Crippen LogP contribution in [-0.4, -0.2) is 48.0 Å². The van der Waals surface area contributed by atoms with Gasteiger partial charge in [0.05, 0.1) is 5.56 Å². The van der Waals surface area contributed by atoms with Crippen LogP contribution in [0.3, 0.4) is 0 Å². The highest BCUT2D eigenvalue weighted by molar-refractivity contribution is 9.10. The SMILES string of the molecule is CN(C)CCNc1ncc(C(=O)Nc2ccc(Br)cc2)cn1. The summed E-state index contributed by atoms with van der Waals surface area (Å²) in [4.78, 5) is 22.4. The van der Waals surface area contributed by atoms with E-state index in [1.807, 2.05) is 38.4 Å². The van der Waals surface area contributed by atoms with Crippen molar-refractivity contribution in [2.75, 3.05) is 37.8 Å². The maximum atomic E-state index is 12.1. The van der Waals surface area contributed by atoms with Gasteiger partial charge in [0.15, 0.2) is 0 Å². The van der Waals surface area contributed by atoms with Gasteiger partial charge in [0.1, 0.15) is 0 Å². The summed E-state index contributed by atoms with van der Waals surface area (Å²) in [6, 6.07) is 7.37. The van der Waals surface area contributed by atoms with E-state index in [0.29, 0.717) is 11.5 Å². The summed E-state index contributed by atoms with van der Waals surface area (Å²) in [6.07, 6.45) is 3.03. The van der Waals surface area contributed by atoms with Crippen LogP contribution in [0.25, 0.3) is 0 Å². The Kier molecular flexibility index (Phi) is 5.85. The third kappa shape index (κ3) is 5.09. The Labute approximate surface area is 138 Å². The average molecular weight is 364 g/mol. The van der Waals surface area contributed by atoms with E-state index >= 15 is 0 Å². The predicted molar refractivity (Wildman–Crippen MR) is 91.2 cm³/mol. The van der Waals surface area contributed by atoms with Crippen molar-refractivity contribution in [3.05, 3.63) is 46.7 Å². The van der Waals surface area contributed by atoms with Crippen molar-refractivity contribution in [2.24, 2.45) is 0 Å². The Morgan fingerprint density at radius 3 is 2.41 bits per heavy atom. The number of nitrogens with zero attached hydrogens (tertiary/aromatic N) is 3. The van der Waals surface area contributed by atoms with Crippen molar-refractivity contribution in [2.45, 2.75) is 0 Å². The fourth-order valence-electron chi connectivity index (χ4n) is 1.66. The average Bonchev–Trinajstić information content (AvgIpc) is 2.50. The summed E-state index contributed by atoms with van der Waals surface area (Å²) in [5, 5.41) is 5.89. The number of hydrogen-bond acceptors (Lipinski definition) is 5. The van der Waals surface area contributed by atoms with Gasteiger partial charge >= 0.3 is 0 Å². The van der Waals surface area contributed by atoms with Crippen molar-refractivity contribution in [3.63, 3.8) is 0 Å². The van der Waals surface area contributed by atoms with E-state index in [1.54, 1.807) is 0 Å². The van der Waals surface area contributed by atoms with Crippen LogP contribution in [-0.2, 0) is 0 Å². The molecule has 1 amide bonds. The Morgan fingerprint density at radius 1 is 1.18 bits per heavy atom. The summed E-state index contributed by atoms with van der Waals surface area (Å²) in [5.74, 6) is 0.282. The van der Waals surface area contributed by atoms with Gasteiger partial charge in [-0.25, -0.2) is 9.97 Å². The van der Waals surface area contributed by atoms with Gasteiger partial charge in [-0.15, -0.1) is 0 Å². The van der Waals surface area contributed by atoms with Gasteiger partial charge in [-0.3, -0.25) is 4.79 Å². The number of hydrogen-bond donors (Lipinski definition) is 2. The van der Waals surface area contributed by atoms with Crippen molar-refractivity contribution in [1.29, 1.82) is 0 Å². The van der Waals surface area contributed by atoms with E-state index in [0.717, 1.165) is 23.2 Å². The number of anilines is 2. The Balaban J connectivity index is 1.91. The first-order valence-electron chi connectivity index (χ1n) is 6.82. The minimum absolute atomic E-state index is 0.234. The van der Waals surface area contributed by atoms with Gasteiger partial charge in [0.25, 0.3) is 5.91 Å². The normalized spacial score (nSPS) is 10.5. The van der Waals surface area contributed by atoms with Crippen molar-refractivity contribution < 1.29 is 4.79 Å². The second kappa shape index (κ2) is 7.86. The summed E-state index contributed by atoms with van der Waals surface area (Å²) in [6.45, 7) is 1.63. The van der Waals surface area contributed by atoms with Crippen molar-refractivity contribution in [3.8, 4) is 0 Å². The second-order valence-electron chi connectivity index (χ2n) is 4.99. The summed E-state index contributed by atoms with van der Waals surface area (Å²) < 4.78 is 0.960. The molecule has 0 fully saturated rings. The lowest BCUT2D eigenvalue weighted by Gasteiger charge is -2.10. The van der Waals surface area contributed by atoms with E-state index in [2.05, 4.69) is 41.4 Å². The molecule has 0 radical (unpaired) electrons. The molecular weight excluding hydrogens is 346 g/mol. The van der Waals surface area contributed by atoms with E-state index in [9.17, 15) is 4.79 Å². The summed E-state index contributed by atoms with van der Waals surface area (Å²) in [7, 11) is 4.00. The molecule has 0 aliphatic carbocycles. The van der Waals surface area contributed by atoms with Gasteiger partial charge in [0, 0.05) is 35.6 Å². The van der Waals surface area contributed by atoms with Crippen molar-refractivity contribution >= 4 is 33.5 Å². The topological polar surface area (TPSA) is 70.2 Å². The highest BCUT2D eigenvalue weighted by Gasteiger charge is 2.07. The van der Waals surface area contributed by atoms with Gasteiger partial charge < -0.3 is 15.5 Å². The quantitative estimate of drug-likeness (QED) is 0.824. The zero-order valence-corrected chi connectivity index (χ0v) is 14.1. The fraction of sp³-hybridized carbons (Fsp3) is 0.267. The van der Waals surface area contributed by atoms with Crippen LogP contribution < -0.4 is 10.6 Å². The largest absolute Gasteiger partial charge is 0.353 e. The Hall–Kier alpha value is -1.99. The molecule has 2 rings (SSSR count). The number of benzene rings is 1. The molecule has 0 spiro atoms. The van der Waals surface area contributed by atoms with Crippen molar-refractivity contribution in [1.82, 2.24) is 14.9 Å². The molecule has 6 nitrogen and oxygen atoms in total. The number of nitrogens with one attached hydrogen (secondary N) is 2. The van der Waals surface area contributed by atoms with Gasteiger partial charge in [-0.05, 0) is 38.4 Å². The molecule has 0 atom stereocenters. The van der Waals surface area contributed by atoms with Gasteiger partial charge in [-0.2, -0.15) is 0 Å². The number of amides is 1. The highest BCUT2D eigenvalue weighted by atomic mass is 79.9. The minimum Gasteiger partial charge on any atom is -0.353 e. The molecule has 2 aromatic rings. The molecule has 2 N–H and O–H groups in total. The number of likely N-dealkylation sites (N-methyl/N-ethyl adjacent to an activating group) is 1. The van der Waals surface area contributed by atoms with E-state index in [-0.39, 0.29) is 5.91 Å². The molecule has 0 bridgehead atoms. The third-order valence-electron chi connectivity index (χ3n) is 2.86. The first-order valence-corrected chi connectivity index (χ1v) is 7.61. The van der Waals surface area contributed by atoms with Gasteiger partial charge in [0.2, 0.25) is 5.95 Å². The molecule has 0 unspecified atom stereocenters. The molecule has 0 aliphatic heterocycles. The smallest absolute Gasteiger partial charge is 0.258 e. The van der Waals surface area contributed by atoms with E-state index in [4.69, 9.17) is 0 Å².